The summed E-state index contributed by atoms with van der Waals surface area (Å²) in [6.45, 7) is 7.53. The molecule has 1 aliphatic heterocycles. The predicted molar refractivity (Wildman–Crippen MR) is 141 cm³/mol. The van der Waals surface area contributed by atoms with E-state index in [-0.39, 0.29) is 24.0 Å². The molecule has 8 heteroatoms. The highest BCUT2D eigenvalue weighted by atomic mass is 127. The van der Waals surface area contributed by atoms with E-state index < -0.39 is 0 Å². The van der Waals surface area contributed by atoms with Gasteiger partial charge in [0.25, 0.3) is 0 Å². The summed E-state index contributed by atoms with van der Waals surface area (Å²) in [5, 5.41) is 3.41. The molecule has 0 unspecified atom stereocenters. The van der Waals surface area contributed by atoms with Crippen molar-refractivity contribution in [1.29, 1.82) is 0 Å². The summed E-state index contributed by atoms with van der Waals surface area (Å²) >= 11 is 0. The average Bonchev–Trinajstić information content (AvgIpc) is 2.82. The van der Waals surface area contributed by atoms with Crippen molar-refractivity contribution in [2.45, 2.75) is 20.0 Å². The maximum Gasteiger partial charge on any atom is 0.194 e. The van der Waals surface area contributed by atoms with Crippen LogP contribution < -0.4 is 19.7 Å². The SMILES string of the molecule is CCNC(=NCc1ccccc1N1CCOCC1)N(C)Cc1ccc(OC)cc1OC.I. The summed E-state index contributed by atoms with van der Waals surface area (Å²) in [7, 11) is 5.38. The summed E-state index contributed by atoms with van der Waals surface area (Å²) in [5.41, 5.74) is 3.53. The largest absolute Gasteiger partial charge is 0.497 e. The van der Waals surface area contributed by atoms with Gasteiger partial charge in [-0.15, -0.1) is 24.0 Å². The standard InChI is InChI=1S/C24H34N4O3.HI/c1-5-25-24(27(2)18-20-10-11-21(29-3)16-23(20)30-4)26-17-19-8-6-7-9-22(19)28-12-14-31-15-13-28;/h6-11,16H,5,12-15,17-18H2,1-4H3,(H,25,26);1H. The number of ether oxygens (including phenoxy) is 3. The van der Waals surface area contributed by atoms with E-state index in [0.29, 0.717) is 13.1 Å². The van der Waals surface area contributed by atoms with Gasteiger partial charge in [-0.25, -0.2) is 4.99 Å². The van der Waals surface area contributed by atoms with Crippen LogP contribution in [0, 0.1) is 0 Å². The average molecular weight is 554 g/mol. The van der Waals surface area contributed by atoms with Crippen LogP contribution in [0.3, 0.4) is 0 Å². The first-order valence-corrected chi connectivity index (χ1v) is 10.8. The summed E-state index contributed by atoms with van der Waals surface area (Å²) in [6.07, 6.45) is 0. The maximum absolute atomic E-state index is 5.56. The number of nitrogens with one attached hydrogen (secondary N) is 1. The Bertz CT molecular complexity index is 872. The molecule has 0 bridgehead atoms. The van der Waals surface area contributed by atoms with Crippen molar-refractivity contribution in [2.75, 3.05) is 59.0 Å². The Labute approximate surface area is 208 Å². The van der Waals surface area contributed by atoms with Crippen molar-refractivity contribution >= 4 is 35.6 Å². The number of methoxy groups -OCH3 is 2. The Kier molecular flexibility index (Phi) is 10.9. The van der Waals surface area contributed by atoms with Gasteiger partial charge in [-0.3, -0.25) is 0 Å². The monoisotopic (exact) mass is 554 g/mol. The van der Waals surface area contributed by atoms with Crippen molar-refractivity contribution in [3.63, 3.8) is 0 Å². The number of rotatable bonds is 8. The number of nitrogens with zero attached hydrogens (tertiary/aromatic N) is 3. The third-order valence-electron chi connectivity index (χ3n) is 5.34. The van der Waals surface area contributed by atoms with E-state index in [1.54, 1.807) is 14.2 Å². The molecule has 1 N–H and O–H groups in total. The van der Waals surface area contributed by atoms with Gasteiger partial charge < -0.3 is 29.3 Å². The smallest absolute Gasteiger partial charge is 0.194 e. The Balaban J connectivity index is 0.00000363. The van der Waals surface area contributed by atoms with Crippen molar-refractivity contribution in [2.24, 2.45) is 4.99 Å². The fraction of sp³-hybridized carbons (Fsp3) is 0.458. The van der Waals surface area contributed by atoms with Gasteiger partial charge >= 0.3 is 0 Å². The van der Waals surface area contributed by atoms with Crippen LogP contribution in [0.4, 0.5) is 5.69 Å². The van der Waals surface area contributed by atoms with Crippen molar-refractivity contribution in [3.8, 4) is 11.5 Å². The quantitative estimate of drug-likeness (QED) is 0.305. The van der Waals surface area contributed by atoms with Crippen LogP contribution in [0.15, 0.2) is 47.5 Å². The normalized spacial score (nSPS) is 13.9. The van der Waals surface area contributed by atoms with Gasteiger partial charge in [0.05, 0.1) is 34.0 Å². The molecule has 7 nitrogen and oxygen atoms in total. The van der Waals surface area contributed by atoms with Crippen molar-refractivity contribution < 1.29 is 14.2 Å². The van der Waals surface area contributed by atoms with Crippen LogP contribution in [-0.4, -0.2) is 65.0 Å². The molecule has 0 amide bonds. The first-order chi connectivity index (χ1) is 15.2. The predicted octanol–water partition coefficient (Wildman–Crippen LogP) is 3.76. The Morgan fingerprint density at radius 2 is 1.84 bits per heavy atom. The number of guanidine groups is 1. The van der Waals surface area contributed by atoms with Crippen LogP contribution in [0.2, 0.25) is 0 Å². The second-order valence-corrected chi connectivity index (χ2v) is 7.43. The van der Waals surface area contributed by atoms with E-state index in [9.17, 15) is 0 Å². The fourth-order valence-corrected chi connectivity index (χ4v) is 3.70. The van der Waals surface area contributed by atoms with Gasteiger partial charge in [0.1, 0.15) is 11.5 Å². The van der Waals surface area contributed by atoms with Gasteiger partial charge in [0, 0.05) is 50.5 Å². The van der Waals surface area contributed by atoms with Gasteiger partial charge in [0.15, 0.2) is 5.96 Å². The highest BCUT2D eigenvalue weighted by Crippen LogP contribution is 2.26. The molecule has 3 rings (SSSR count). The van der Waals surface area contributed by atoms with Crippen LogP contribution >= 0.6 is 24.0 Å². The Hall–Kier alpha value is -2.20. The molecule has 0 saturated carbocycles. The molecule has 0 atom stereocenters. The zero-order valence-corrected chi connectivity index (χ0v) is 21.8. The first kappa shape index (κ1) is 26.1. The van der Waals surface area contributed by atoms with E-state index in [1.165, 1.54) is 11.3 Å². The molecule has 1 fully saturated rings. The Morgan fingerprint density at radius 1 is 1.09 bits per heavy atom. The Morgan fingerprint density at radius 3 is 2.53 bits per heavy atom. The molecule has 1 aliphatic rings. The van der Waals surface area contributed by atoms with Crippen molar-refractivity contribution in [1.82, 2.24) is 10.2 Å². The van der Waals surface area contributed by atoms with E-state index >= 15 is 0 Å². The number of para-hydroxylation sites is 1. The fourth-order valence-electron chi connectivity index (χ4n) is 3.70. The van der Waals surface area contributed by atoms with E-state index in [2.05, 4.69) is 46.3 Å². The lowest BCUT2D eigenvalue weighted by Crippen LogP contribution is -2.38. The summed E-state index contributed by atoms with van der Waals surface area (Å²) in [4.78, 5) is 9.43. The molecule has 2 aromatic carbocycles. The van der Waals surface area contributed by atoms with E-state index in [1.807, 2.05) is 25.2 Å². The van der Waals surface area contributed by atoms with Crippen molar-refractivity contribution in [3.05, 3.63) is 53.6 Å². The molecular weight excluding hydrogens is 519 g/mol. The molecule has 1 heterocycles. The molecule has 0 radical (unpaired) electrons. The zero-order valence-electron chi connectivity index (χ0n) is 19.5. The molecule has 1 saturated heterocycles. The lowest BCUT2D eigenvalue weighted by Gasteiger charge is -2.30. The minimum absolute atomic E-state index is 0. The van der Waals surface area contributed by atoms with Crippen LogP contribution in [-0.2, 0) is 17.8 Å². The molecule has 0 aromatic heterocycles. The second-order valence-electron chi connectivity index (χ2n) is 7.43. The minimum Gasteiger partial charge on any atom is -0.497 e. The lowest BCUT2D eigenvalue weighted by atomic mass is 10.1. The first-order valence-electron chi connectivity index (χ1n) is 10.8. The highest BCUT2D eigenvalue weighted by molar-refractivity contribution is 14.0. The molecular formula is C24H35IN4O3. The second kappa shape index (κ2) is 13.4. The van der Waals surface area contributed by atoms with Gasteiger partial charge in [-0.1, -0.05) is 18.2 Å². The van der Waals surface area contributed by atoms with Crippen LogP contribution in [0.1, 0.15) is 18.1 Å². The molecule has 32 heavy (non-hydrogen) atoms. The summed E-state index contributed by atoms with van der Waals surface area (Å²) in [6, 6.07) is 14.4. The summed E-state index contributed by atoms with van der Waals surface area (Å²) < 4.78 is 16.4. The number of halogens is 1. The highest BCUT2D eigenvalue weighted by Gasteiger charge is 2.15. The molecule has 0 spiro atoms. The third kappa shape index (κ3) is 6.90. The summed E-state index contributed by atoms with van der Waals surface area (Å²) in [5.74, 6) is 2.44. The molecule has 0 aliphatic carbocycles. The van der Waals surface area contributed by atoms with E-state index in [0.717, 1.165) is 55.9 Å². The lowest BCUT2D eigenvalue weighted by molar-refractivity contribution is 0.122. The number of hydrogen-bond donors (Lipinski definition) is 1. The number of aliphatic imine (C=N–C) groups is 1. The third-order valence-corrected chi connectivity index (χ3v) is 5.34. The van der Waals surface area contributed by atoms with Crippen LogP contribution in [0.5, 0.6) is 11.5 Å². The minimum atomic E-state index is 0. The van der Waals surface area contributed by atoms with Crippen LogP contribution in [0.25, 0.3) is 0 Å². The zero-order chi connectivity index (χ0) is 22.1. The molecule has 176 valence electrons. The van der Waals surface area contributed by atoms with Gasteiger partial charge in [-0.2, -0.15) is 0 Å². The van der Waals surface area contributed by atoms with Gasteiger partial charge in [-0.05, 0) is 30.7 Å². The topological polar surface area (TPSA) is 58.6 Å². The van der Waals surface area contributed by atoms with E-state index in [4.69, 9.17) is 19.2 Å². The maximum atomic E-state index is 5.56. The number of hydrogen-bond acceptors (Lipinski definition) is 5. The number of anilines is 1. The number of morpholine rings is 1. The molecule has 2 aromatic rings. The number of benzene rings is 2. The van der Waals surface area contributed by atoms with Gasteiger partial charge in [0.2, 0.25) is 0 Å².